The van der Waals surface area contributed by atoms with Crippen molar-refractivity contribution in [2.24, 2.45) is 0 Å². The van der Waals surface area contributed by atoms with Crippen molar-refractivity contribution in [3.8, 4) is 0 Å². The Hall–Kier alpha value is -1.20. The van der Waals surface area contributed by atoms with Gasteiger partial charge in [-0.05, 0) is 41.1 Å². The van der Waals surface area contributed by atoms with E-state index in [0.717, 1.165) is 11.8 Å². The number of hydrogen-bond acceptors (Lipinski definition) is 2. The van der Waals surface area contributed by atoms with Crippen LogP contribution in [0.4, 0.5) is 8.78 Å². The molecule has 0 aliphatic carbocycles. The summed E-state index contributed by atoms with van der Waals surface area (Å²) in [5.74, 6) is -0.370. The minimum atomic E-state index is -0.571. The zero-order chi connectivity index (χ0) is 13.1. The molecule has 0 amide bonds. The third kappa shape index (κ3) is 3.17. The lowest BCUT2D eigenvalue weighted by molar-refractivity contribution is 0.440. The van der Waals surface area contributed by atoms with E-state index in [0.29, 0.717) is 16.8 Å². The first-order chi connectivity index (χ1) is 8.56. The number of halogens is 3. The van der Waals surface area contributed by atoms with Crippen LogP contribution in [0, 0.1) is 11.6 Å². The summed E-state index contributed by atoms with van der Waals surface area (Å²) in [6.45, 7) is 2.29. The molecule has 0 saturated heterocycles. The van der Waals surface area contributed by atoms with E-state index in [2.05, 4.69) is 21.2 Å². The summed E-state index contributed by atoms with van der Waals surface area (Å²) in [4.78, 5) is 0. The normalized spacial score (nSPS) is 12.7. The molecule has 0 bridgehead atoms. The predicted molar refractivity (Wildman–Crippen MR) is 68.0 cm³/mol. The molecule has 0 radical (unpaired) electrons. The number of benzene rings is 1. The highest BCUT2D eigenvalue weighted by Crippen LogP contribution is 2.19. The van der Waals surface area contributed by atoms with Crippen LogP contribution in [0.25, 0.3) is 0 Å². The van der Waals surface area contributed by atoms with Gasteiger partial charge < -0.3 is 9.73 Å². The molecule has 2 aromatic rings. The van der Waals surface area contributed by atoms with E-state index in [4.69, 9.17) is 4.42 Å². The number of hydrogen-bond donors (Lipinski definition) is 1. The minimum Gasteiger partial charge on any atom is -0.453 e. The molecule has 0 saturated carbocycles. The SMILES string of the molecule is CC(NCc1ccc(Br)o1)c1ccc(F)cc1F. The fourth-order valence-corrected chi connectivity index (χ4v) is 2.00. The van der Waals surface area contributed by atoms with Crippen molar-refractivity contribution in [2.75, 3.05) is 0 Å². The van der Waals surface area contributed by atoms with Crippen LogP contribution in [0.5, 0.6) is 0 Å². The van der Waals surface area contributed by atoms with Gasteiger partial charge in [0.2, 0.25) is 0 Å². The Morgan fingerprint density at radius 3 is 2.67 bits per heavy atom. The van der Waals surface area contributed by atoms with Crippen LogP contribution in [0.2, 0.25) is 0 Å². The Bertz CT molecular complexity index is 542. The highest BCUT2D eigenvalue weighted by molar-refractivity contribution is 9.10. The second-order valence-corrected chi connectivity index (χ2v) is 4.76. The highest BCUT2D eigenvalue weighted by Gasteiger charge is 2.11. The Kier molecular flexibility index (Phi) is 4.14. The van der Waals surface area contributed by atoms with Gasteiger partial charge in [0, 0.05) is 17.7 Å². The molecule has 5 heteroatoms. The van der Waals surface area contributed by atoms with Crippen molar-refractivity contribution >= 4 is 15.9 Å². The van der Waals surface area contributed by atoms with Crippen LogP contribution >= 0.6 is 15.9 Å². The molecule has 0 spiro atoms. The van der Waals surface area contributed by atoms with Gasteiger partial charge in [-0.15, -0.1) is 0 Å². The maximum Gasteiger partial charge on any atom is 0.169 e. The summed E-state index contributed by atoms with van der Waals surface area (Å²) in [5.41, 5.74) is 0.432. The molecule has 18 heavy (non-hydrogen) atoms. The number of nitrogens with one attached hydrogen (secondary N) is 1. The van der Waals surface area contributed by atoms with Crippen molar-refractivity contribution in [3.05, 3.63) is 58.0 Å². The average Bonchev–Trinajstić information content (AvgIpc) is 2.72. The molecule has 2 rings (SSSR count). The van der Waals surface area contributed by atoms with Gasteiger partial charge in [-0.2, -0.15) is 0 Å². The minimum absolute atomic E-state index is 0.227. The van der Waals surface area contributed by atoms with Gasteiger partial charge in [-0.3, -0.25) is 0 Å². The van der Waals surface area contributed by atoms with Gasteiger partial charge in [0.15, 0.2) is 4.67 Å². The zero-order valence-corrected chi connectivity index (χ0v) is 11.3. The maximum atomic E-state index is 13.5. The first-order valence-electron chi connectivity index (χ1n) is 5.49. The Labute approximate surface area is 112 Å². The van der Waals surface area contributed by atoms with Gasteiger partial charge in [0.1, 0.15) is 17.4 Å². The molecule has 0 fully saturated rings. The second-order valence-electron chi connectivity index (χ2n) is 3.97. The summed E-state index contributed by atoms with van der Waals surface area (Å²) in [6, 6.07) is 6.97. The topological polar surface area (TPSA) is 25.2 Å². The maximum absolute atomic E-state index is 13.5. The van der Waals surface area contributed by atoms with E-state index < -0.39 is 11.6 Å². The Balaban J connectivity index is 2.01. The Morgan fingerprint density at radius 2 is 2.06 bits per heavy atom. The predicted octanol–water partition coefficient (Wildman–Crippen LogP) is 4.17. The van der Waals surface area contributed by atoms with E-state index in [-0.39, 0.29) is 6.04 Å². The van der Waals surface area contributed by atoms with E-state index >= 15 is 0 Å². The number of furan rings is 1. The molecule has 1 N–H and O–H groups in total. The van der Waals surface area contributed by atoms with Crippen LogP contribution in [0.3, 0.4) is 0 Å². The molecule has 1 aromatic heterocycles. The molecule has 1 heterocycles. The Morgan fingerprint density at radius 1 is 1.28 bits per heavy atom. The molecule has 96 valence electrons. The standard InChI is InChI=1S/C13H12BrF2NO/c1-8(11-4-2-9(15)6-12(11)16)17-7-10-3-5-13(14)18-10/h2-6,8,17H,7H2,1H3. The van der Waals surface area contributed by atoms with E-state index in [9.17, 15) is 8.78 Å². The first kappa shape index (κ1) is 13.2. The quantitative estimate of drug-likeness (QED) is 0.916. The lowest BCUT2D eigenvalue weighted by Crippen LogP contribution is -2.18. The lowest BCUT2D eigenvalue weighted by Gasteiger charge is -2.14. The molecular weight excluding hydrogens is 304 g/mol. The van der Waals surface area contributed by atoms with Crippen molar-refractivity contribution < 1.29 is 13.2 Å². The van der Waals surface area contributed by atoms with Crippen LogP contribution in [-0.4, -0.2) is 0 Å². The fourth-order valence-electron chi connectivity index (χ4n) is 1.66. The summed E-state index contributed by atoms with van der Waals surface area (Å²) < 4.78 is 32.3. The monoisotopic (exact) mass is 315 g/mol. The van der Waals surface area contributed by atoms with E-state index in [1.165, 1.54) is 12.1 Å². The van der Waals surface area contributed by atoms with Gasteiger partial charge in [-0.1, -0.05) is 6.07 Å². The summed E-state index contributed by atoms with van der Waals surface area (Å²) in [7, 11) is 0. The lowest BCUT2D eigenvalue weighted by atomic mass is 10.1. The smallest absolute Gasteiger partial charge is 0.169 e. The van der Waals surface area contributed by atoms with Crippen LogP contribution < -0.4 is 5.32 Å². The molecule has 0 aliphatic heterocycles. The third-order valence-electron chi connectivity index (χ3n) is 2.64. The van der Waals surface area contributed by atoms with Crippen molar-refractivity contribution in [1.82, 2.24) is 5.32 Å². The van der Waals surface area contributed by atoms with Gasteiger partial charge >= 0.3 is 0 Å². The molecule has 1 unspecified atom stereocenters. The van der Waals surface area contributed by atoms with Gasteiger partial charge in [0.05, 0.1) is 6.54 Å². The molecule has 1 atom stereocenters. The average molecular weight is 316 g/mol. The first-order valence-corrected chi connectivity index (χ1v) is 6.28. The van der Waals surface area contributed by atoms with Gasteiger partial charge in [-0.25, -0.2) is 8.78 Å². The number of rotatable bonds is 4. The van der Waals surface area contributed by atoms with Gasteiger partial charge in [0.25, 0.3) is 0 Å². The summed E-state index contributed by atoms with van der Waals surface area (Å²) >= 11 is 3.21. The molecule has 0 aliphatic rings. The third-order valence-corrected chi connectivity index (χ3v) is 3.07. The van der Waals surface area contributed by atoms with Crippen LogP contribution in [0.1, 0.15) is 24.3 Å². The van der Waals surface area contributed by atoms with Crippen LogP contribution in [-0.2, 0) is 6.54 Å². The molecule has 2 nitrogen and oxygen atoms in total. The van der Waals surface area contributed by atoms with Crippen molar-refractivity contribution in [3.63, 3.8) is 0 Å². The summed E-state index contributed by atoms with van der Waals surface area (Å²) in [5, 5.41) is 3.11. The van der Waals surface area contributed by atoms with Crippen molar-refractivity contribution in [1.29, 1.82) is 0 Å². The highest BCUT2D eigenvalue weighted by atomic mass is 79.9. The second kappa shape index (κ2) is 5.63. The van der Waals surface area contributed by atoms with Crippen molar-refractivity contribution in [2.45, 2.75) is 19.5 Å². The van der Waals surface area contributed by atoms with E-state index in [1.54, 1.807) is 6.07 Å². The largest absolute Gasteiger partial charge is 0.453 e. The van der Waals surface area contributed by atoms with Crippen LogP contribution in [0.15, 0.2) is 39.4 Å². The summed E-state index contributed by atoms with van der Waals surface area (Å²) in [6.07, 6.45) is 0. The fraction of sp³-hybridized carbons (Fsp3) is 0.231. The van der Waals surface area contributed by atoms with E-state index in [1.807, 2.05) is 13.0 Å². The zero-order valence-electron chi connectivity index (χ0n) is 9.71. The molecular formula is C13H12BrF2NO. The molecule has 1 aromatic carbocycles.